The second kappa shape index (κ2) is 11.3. The number of esters is 1. The van der Waals surface area contributed by atoms with Crippen molar-refractivity contribution >= 4 is 35.9 Å². The zero-order valence-corrected chi connectivity index (χ0v) is 16.8. The van der Waals surface area contributed by atoms with Crippen LogP contribution in [0.3, 0.4) is 0 Å². The molecule has 0 radical (unpaired) electrons. The molecule has 1 aromatic rings. The van der Waals surface area contributed by atoms with E-state index < -0.39 is 0 Å². The van der Waals surface area contributed by atoms with Crippen molar-refractivity contribution in [3.8, 4) is 0 Å². The molecular formula is C15H27IN4O3. The SMILES string of the molecule is CCc1noc(CC)c1CNC(=NC)NCC(C)C(=O)OC.I. The van der Waals surface area contributed by atoms with Gasteiger partial charge in [0, 0.05) is 32.1 Å². The Morgan fingerprint density at radius 3 is 2.57 bits per heavy atom. The molecule has 23 heavy (non-hydrogen) atoms. The van der Waals surface area contributed by atoms with Crippen molar-refractivity contribution in [1.82, 2.24) is 15.8 Å². The largest absolute Gasteiger partial charge is 0.469 e. The van der Waals surface area contributed by atoms with Crippen molar-refractivity contribution in [2.75, 3.05) is 20.7 Å². The third kappa shape index (κ3) is 6.36. The fourth-order valence-corrected chi connectivity index (χ4v) is 2.06. The Kier molecular flexibility index (Phi) is 10.6. The van der Waals surface area contributed by atoms with Crippen molar-refractivity contribution in [2.45, 2.75) is 40.2 Å². The molecule has 0 fully saturated rings. The molecule has 0 spiro atoms. The lowest BCUT2D eigenvalue weighted by molar-refractivity contribution is -0.144. The van der Waals surface area contributed by atoms with E-state index in [0.717, 1.165) is 29.9 Å². The number of carbonyl (C=O) groups excluding carboxylic acids is 1. The maximum atomic E-state index is 11.4. The quantitative estimate of drug-likeness (QED) is 0.293. The highest BCUT2D eigenvalue weighted by Crippen LogP contribution is 2.15. The van der Waals surface area contributed by atoms with Crippen LogP contribution < -0.4 is 10.6 Å². The molecule has 0 bridgehead atoms. The molecule has 1 aromatic heterocycles. The summed E-state index contributed by atoms with van der Waals surface area (Å²) >= 11 is 0. The summed E-state index contributed by atoms with van der Waals surface area (Å²) in [5.41, 5.74) is 2.04. The number of aromatic nitrogens is 1. The summed E-state index contributed by atoms with van der Waals surface area (Å²) in [6.07, 6.45) is 1.63. The Morgan fingerprint density at radius 1 is 1.35 bits per heavy atom. The van der Waals surface area contributed by atoms with E-state index in [2.05, 4.69) is 20.8 Å². The molecule has 0 aliphatic carbocycles. The average Bonchev–Trinajstić information content (AvgIpc) is 2.95. The predicted octanol–water partition coefficient (Wildman–Crippen LogP) is 1.89. The Balaban J connectivity index is 0.00000484. The second-order valence-corrected chi connectivity index (χ2v) is 4.97. The Morgan fingerprint density at radius 2 is 2.04 bits per heavy atom. The van der Waals surface area contributed by atoms with Crippen LogP contribution in [-0.4, -0.2) is 37.8 Å². The first kappa shape index (κ1) is 21.7. The van der Waals surface area contributed by atoms with E-state index in [1.807, 2.05) is 13.8 Å². The lowest BCUT2D eigenvalue weighted by Crippen LogP contribution is -2.40. The molecule has 2 N–H and O–H groups in total. The highest BCUT2D eigenvalue weighted by atomic mass is 127. The van der Waals surface area contributed by atoms with E-state index in [1.165, 1.54) is 7.11 Å². The molecule has 0 aliphatic heterocycles. The summed E-state index contributed by atoms with van der Waals surface area (Å²) in [6.45, 7) is 6.93. The number of ether oxygens (including phenoxy) is 1. The van der Waals surface area contributed by atoms with Crippen LogP contribution in [0.25, 0.3) is 0 Å². The highest BCUT2D eigenvalue weighted by Gasteiger charge is 2.15. The average molecular weight is 438 g/mol. The first-order valence-electron chi connectivity index (χ1n) is 7.55. The lowest BCUT2D eigenvalue weighted by Gasteiger charge is -2.14. The van der Waals surface area contributed by atoms with Crippen LogP contribution in [0.4, 0.5) is 0 Å². The van der Waals surface area contributed by atoms with Gasteiger partial charge in [-0.25, -0.2) is 0 Å². The first-order chi connectivity index (χ1) is 10.6. The third-order valence-electron chi connectivity index (χ3n) is 3.44. The molecule has 0 saturated heterocycles. The maximum absolute atomic E-state index is 11.4. The molecule has 132 valence electrons. The van der Waals surface area contributed by atoms with Crippen molar-refractivity contribution in [3.63, 3.8) is 0 Å². The molecular weight excluding hydrogens is 411 g/mol. The van der Waals surface area contributed by atoms with Gasteiger partial charge in [0.25, 0.3) is 0 Å². The normalized spacial score (nSPS) is 12.3. The van der Waals surface area contributed by atoms with Crippen LogP contribution in [0, 0.1) is 5.92 Å². The minimum atomic E-state index is -0.247. The molecule has 1 heterocycles. The van der Waals surface area contributed by atoms with E-state index >= 15 is 0 Å². The van der Waals surface area contributed by atoms with Gasteiger partial charge >= 0.3 is 5.97 Å². The first-order valence-corrected chi connectivity index (χ1v) is 7.55. The highest BCUT2D eigenvalue weighted by molar-refractivity contribution is 14.0. The van der Waals surface area contributed by atoms with Crippen LogP contribution in [0.1, 0.15) is 37.8 Å². The lowest BCUT2D eigenvalue weighted by atomic mass is 10.1. The predicted molar refractivity (Wildman–Crippen MR) is 100 cm³/mol. The monoisotopic (exact) mass is 438 g/mol. The minimum Gasteiger partial charge on any atom is -0.469 e. The van der Waals surface area contributed by atoms with E-state index in [4.69, 9.17) is 9.26 Å². The molecule has 7 nitrogen and oxygen atoms in total. The van der Waals surface area contributed by atoms with Crippen LogP contribution in [0.2, 0.25) is 0 Å². The van der Waals surface area contributed by atoms with Gasteiger partial charge < -0.3 is 19.9 Å². The Hall–Kier alpha value is -1.32. The fourth-order valence-electron chi connectivity index (χ4n) is 2.06. The van der Waals surface area contributed by atoms with Crippen LogP contribution in [0.5, 0.6) is 0 Å². The summed E-state index contributed by atoms with van der Waals surface area (Å²) in [7, 11) is 3.07. The number of hydrogen-bond acceptors (Lipinski definition) is 5. The van der Waals surface area contributed by atoms with Gasteiger partial charge in [0.05, 0.1) is 18.7 Å². The van der Waals surface area contributed by atoms with Gasteiger partial charge in [-0.2, -0.15) is 0 Å². The maximum Gasteiger partial charge on any atom is 0.310 e. The fraction of sp³-hybridized carbons (Fsp3) is 0.667. The van der Waals surface area contributed by atoms with E-state index in [1.54, 1.807) is 14.0 Å². The summed E-state index contributed by atoms with van der Waals surface area (Å²) in [5.74, 6) is 1.03. The minimum absolute atomic E-state index is 0. The van der Waals surface area contributed by atoms with E-state index in [0.29, 0.717) is 19.0 Å². The van der Waals surface area contributed by atoms with Gasteiger partial charge in [0.2, 0.25) is 0 Å². The van der Waals surface area contributed by atoms with Gasteiger partial charge in [-0.15, -0.1) is 24.0 Å². The van der Waals surface area contributed by atoms with Crippen molar-refractivity contribution < 1.29 is 14.1 Å². The van der Waals surface area contributed by atoms with Gasteiger partial charge in [-0.3, -0.25) is 9.79 Å². The smallest absolute Gasteiger partial charge is 0.310 e. The van der Waals surface area contributed by atoms with Gasteiger partial charge in [-0.05, 0) is 6.42 Å². The standard InChI is InChI=1S/C15H26N4O3.HI/c1-6-12-11(13(7-2)22-19-12)9-18-15(16-4)17-8-10(3)14(20)21-5;/h10H,6-9H2,1-5H3,(H2,16,17,18);1H. The summed E-state index contributed by atoms with van der Waals surface area (Å²) < 4.78 is 10.0. The number of carbonyl (C=O) groups is 1. The van der Waals surface area contributed by atoms with Crippen molar-refractivity contribution in [3.05, 3.63) is 17.0 Å². The van der Waals surface area contributed by atoms with Crippen molar-refractivity contribution in [2.24, 2.45) is 10.9 Å². The van der Waals surface area contributed by atoms with Gasteiger partial charge in [-0.1, -0.05) is 25.9 Å². The van der Waals surface area contributed by atoms with Crippen molar-refractivity contribution in [1.29, 1.82) is 0 Å². The summed E-state index contributed by atoms with van der Waals surface area (Å²) in [5, 5.41) is 10.4. The zero-order valence-electron chi connectivity index (χ0n) is 14.4. The number of rotatable bonds is 7. The molecule has 0 amide bonds. The van der Waals surface area contributed by atoms with E-state index in [9.17, 15) is 4.79 Å². The number of nitrogens with one attached hydrogen (secondary N) is 2. The third-order valence-corrected chi connectivity index (χ3v) is 3.44. The number of aryl methyl sites for hydroxylation is 2. The second-order valence-electron chi connectivity index (χ2n) is 4.97. The molecule has 0 aromatic carbocycles. The molecule has 1 unspecified atom stereocenters. The molecule has 8 heteroatoms. The topological polar surface area (TPSA) is 88.8 Å². The number of guanidine groups is 1. The molecule has 0 aliphatic rings. The van der Waals surface area contributed by atoms with Gasteiger partial charge in [0.1, 0.15) is 5.76 Å². The number of nitrogens with zero attached hydrogens (tertiary/aromatic N) is 2. The molecule has 1 atom stereocenters. The van der Waals surface area contributed by atoms with E-state index in [-0.39, 0.29) is 35.9 Å². The molecule has 0 saturated carbocycles. The summed E-state index contributed by atoms with van der Waals surface area (Å²) in [6, 6.07) is 0. The number of halogens is 1. The van der Waals surface area contributed by atoms with Crippen LogP contribution >= 0.6 is 24.0 Å². The zero-order chi connectivity index (χ0) is 16.5. The molecule has 1 rings (SSSR count). The Bertz CT molecular complexity index is 495. The number of aliphatic imine (C=N–C) groups is 1. The van der Waals surface area contributed by atoms with Gasteiger partial charge in [0.15, 0.2) is 5.96 Å². The Labute approximate surface area is 154 Å². The van der Waals surface area contributed by atoms with Crippen LogP contribution in [-0.2, 0) is 28.9 Å². The number of hydrogen-bond donors (Lipinski definition) is 2. The van der Waals surface area contributed by atoms with Crippen LogP contribution in [0.15, 0.2) is 9.52 Å². The number of methoxy groups -OCH3 is 1. The summed E-state index contributed by atoms with van der Waals surface area (Å²) in [4.78, 5) is 15.5.